The molecule has 0 aliphatic heterocycles. The number of carbonyl (C=O) groups excluding carboxylic acids is 1. The fourth-order valence-corrected chi connectivity index (χ4v) is 2.58. The molecular weight excluding hydrogens is 300 g/mol. The van der Waals surface area contributed by atoms with Crippen LogP contribution in [0.1, 0.15) is 16.8 Å². The van der Waals surface area contributed by atoms with Crippen LogP contribution in [0.25, 0.3) is 5.65 Å². The Labute approximate surface area is 141 Å². The Kier molecular flexibility index (Phi) is 4.79. The van der Waals surface area contributed by atoms with Crippen molar-refractivity contribution in [1.29, 1.82) is 0 Å². The van der Waals surface area contributed by atoms with Crippen molar-refractivity contribution in [3.8, 4) is 0 Å². The molecule has 0 radical (unpaired) electrons. The van der Waals surface area contributed by atoms with Gasteiger partial charge in [-0.2, -0.15) is 0 Å². The van der Waals surface area contributed by atoms with Gasteiger partial charge in [0, 0.05) is 39.0 Å². The van der Waals surface area contributed by atoms with Gasteiger partial charge in [-0.05, 0) is 24.6 Å². The number of nitrogens with one attached hydrogen (secondary N) is 1. The number of amides is 2. The predicted molar refractivity (Wildman–Crippen MR) is 94.9 cm³/mol. The van der Waals surface area contributed by atoms with Crippen molar-refractivity contribution in [1.82, 2.24) is 19.6 Å². The lowest BCUT2D eigenvalue weighted by molar-refractivity contribution is 0.207. The molecule has 0 fully saturated rings. The van der Waals surface area contributed by atoms with Crippen LogP contribution in [0.5, 0.6) is 0 Å². The fourth-order valence-electron chi connectivity index (χ4n) is 2.58. The van der Waals surface area contributed by atoms with E-state index in [2.05, 4.69) is 41.5 Å². The number of aromatic nitrogens is 2. The van der Waals surface area contributed by atoms with E-state index in [1.54, 1.807) is 11.9 Å². The molecule has 0 saturated carbocycles. The van der Waals surface area contributed by atoms with E-state index in [0.717, 1.165) is 16.9 Å². The zero-order valence-electron chi connectivity index (χ0n) is 14.1. The second kappa shape index (κ2) is 7.17. The maximum atomic E-state index is 12.2. The highest BCUT2D eigenvalue weighted by molar-refractivity contribution is 5.73. The number of nitrogens with zero attached hydrogens (tertiary/aromatic N) is 3. The minimum absolute atomic E-state index is 0.0701. The Balaban J connectivity index is 1.48. The van der Waals surface area contributed by atoms with Crippen LogP contribution in [0.3, 0.4) is 0 Å². The van der Waals surface area contributed by atoms with Crippen LogP contribution in [0, 0.1) is 6.92 Å². The van der Waals surface area contributed by atoms with Crippen molar-refractivity contribution in [3.63, 3.8) is 0 Å². The van der Waals surface area contributed by atoms with Crippen molar-refractivity contribution in [2.45, 2.75) is 19.9 Å². The average molecular weight is 322 g/mol. The van der Waals surface area contributed by atoms with Crippen LogP contribution in [0.2, 0.25) is 0 Å². The molecule has 2 amide bonds. The van der Waals surface area contributed by atoms with Gasteiger partial charge >= 0.3 is 6.03 Å². The largest absolute Gasteiger partial charge is 0.338 e. The molecule has 124 valence electrons. The van der Waals surface area contributed by atoms with Gasteiger partial charge in [-0.1, -0.05) is 35.9 Å². The monoisotopic (exact) mass is 322 g/mol. The third-order valence-electron chi connectivity index (χ3n) is 3.96. The highest BCUT2D eigenvalue weighted by Crippen LogP contribution is 2.07. The minimum Gasteiger partial charge on any atom is -0.338 e. The summed E-state index contributed by atoms with van der Waals surface area (Å²) >= 11 is 0. The molecule has 1 aromatic carbocycles. The number of fused-ring (bicyclic) bond motifs is 1. The standard InChI is InChI=1S/C19H22N4O/c1-15-6-8-16(9-7-15)13-22(2)19(24)20-11-10-17-14-23-12-4-3-5-18(23)21-17/h3-9,12,14H,10-11,13H2,1-2H3,(H,20,24). The van der Waals surface area contributed by atoms with Gasteiger partial charge in [0.05, 0.1) is 5.69 Å². The summed E-state index contributed by atoms with van der Waals surface area (Å²) < 4.78 is 1.99. The Morgan fingerprint density at radius 2 is 2.00 bits per heavy atom. The summed E-state index contributed by atoms with van der Waals surface area (Å²) in [5.74, 6) is 0. The molecule has 5 nitrogen and oxygen atoms in total. The summed E-state index contributed by atoms with van der Waals surface area (Å²) in [5, 5.41) is 2.94. The van der Waals surface area contributed by atoms with E-state index < -0.39 is 0 Å². The lowest BCUT2D eigenvalue weighted by atomic mass is 10.1. The number of benzene rings is 1. The normalized spacial score (nSPS) is 10.8. The van der Waals surface area contributed by atoms with Crippen molar-refractivity contribution in [2.75, 3.05) is 13.6 Å². The second-order valence-corrected chi connectivity index (χ2v) is 6.02. The van der Waals surface area contributed by atoms with Crippen LogP contribution in [0.15, 0.2) is 54.9 Å². The predicted octanol–water partition coefficient (Wildman–Crippen LogP) is 3.03. The van der Waals surface area contributed by atoms with Gasteiger partial charge < -0.3 is 14.6 Å². The topological polar surface area (TPSA) is 49.6 Å². The lowest BCUT2D eigenvalue weighted by Crippen LogP contribution is -2.37. The maximum Gasteiger partial charge on any atom is 0.317 e. The third-order valence-corrected chi connectivity index (χ3v) is 3.96. The Bertz CT molecular complexity index is 790. The molecule has 0 atom stereocenters. The first-order chi connectivity index (χ1) is 11.6. The first-order valence-electron chi connectivity index (χ1n) is 8.09. The molecule has 0 aliphatic rings. The summed E-state index contributed by atoms with van der Waals surface area (Å²) in [6, 6.07) is 14.1. The van der Waals surface area contributed by atoms with Gasteiger partial charge in [-0.25, -0.2) is 9.78 Å². The smallest absolute Gasteiger partial charge is 0.317 e. The van der Waals surface area contributed by atoms with E-state index in [9.17, 15) is 4.79 Å². The minimum atomic E-state index is -0.0701. The van der Waals surface area contributed by atoms with Gasteiger partial charge in [0.2, 0.25) is 0 Å². The molecule has 0 bridgehead atoms. The first kappa shape index (κ1) is 16.1. The van der Waals surface area contributed by atoms with E-state index >= 15 is 0 Å². The molecule has 0 spiro atoms. The van der Waals surface area contributed by atoms with Gasteiger partial charge in [0.1, 0.15) is 5.65 Å². The number of urea groups is 1. The zero-order chi connectivity index (χ0) is 16.9. The van der Waals surface area contributed by atoms with Crippen molar-refractivity contribution >= 4 is 11.7 Å². The molecule has 3 aromatic rings. The number of rotatable bonds is 5. The zero-order valence-corrected chi connectivity index (χ0v) is 14.1. The summed E-state index contributed by atoms with van der Waals surface area (Å²) in [5.41, 5.74) is 4.25. The first-order valence-corrected chi connectivity index (χ1v) is 8.09. The quantitative estimate of drug-likeness (QED) is 0.785. The average Bonchev–Trinajstić information content (AvgIpc) is 2.99. The molecule has 2 aromatic heterocycles. The third kappa shape index (κ3) is 3.93. The Morgan fingerprint density at radius 1 is 1.21 bits per heavy atom. The summed E-state index contributed by atoms with van der Waals surface area (Å²) in [7, 11) is 1.81. The molecule has 0 unspecified atom stereocenters. The van der Waals surface area contributed by atoms with Crippen LogP contribution >= 0.6 is 0 Å². The molecular formula is C19H22N4O. The van der Waals surface area contributed by atoms with Gasteiger partial charge in [0.15, 0.2) is 0 Å². The summed E-state index contributed by atoms with van der Waals surface area (Å²) in [6.07, 6.45) is 4.68. The number of hydrogen-bond donors (Lipinski definition) is 1. The van der Waals surface area contributed by atoms with E-state index in [4.69, 9.17) is 0 Å². The Morgan fingerprint density at radius 3 is 2.75 bits per heavy atom. The van der Waals surface area contributed by atoms with Gasteiger partial charge in [-0.15, -0.1) is 0 Å². The molecule has 2 heterocycles. The van der Waals surface area contributed by atoms with E-state index in [1.165, 1.54) is 5.56 Å². The SMILES string of the molecule is Cc1ccc(CN(C)C(=O)NCCc2cn3ccccc3n2)cc1. The Hall–Kier alpha value is -2.82. The molecule has 3 rings (SSSR count). The highest BCUT2D eigenvalue weighted by atomic mass is 16.2. The lowest BCUT2D eigenvalue weighted by Gasteiger charge is -2.18. The molecule has 0 aliphatic carbocycles. The summed E-state index contributed by atoms with van der Waals surface area (Å²) in [4.78, 5) is 18.4. The van der Waals surface area contributed by atoms with Crippen molar-refractivity contribution in [2.24, 2.45) is 0 Å². The highest BCUT2D eigenvalue weighted by Gasteiger charge is 2.09. The molecule has 1 N–H and O–H groups in total. The second-order valence-electron chi connectivity index (χ2n) is 6.02. The van der Waals surface area contributed by atoms with Crippen LogP contribution in [0.4, 0.5) is 4.79 Å². The fraction of sp³-hybridized carbons (Fsp3) is 0.263. The number of imidazole rings is 1. The number of pyridine rings is 1. The van der Waals surface area contributed by atoms with Crippen LogP contribution < -0.4 is 5.32 Å². The van der Waals surface area contributed by atoms with Crippen molar-refractivity contribution in [3.05, 3.63) is 71.7 Å². The summed E-state index contributed by atoms with van der Waals surface area (Å²) in [6.45, 7) is 3.22. The number of hydrogen-bond acceptors (Lipinski definition) is 2. The van der Waals surface area contributed by atoms with E-state index in [1.807, 2.05) is 35.0 Å². The number of aryl methyl sites for hydroxylation is 1. The van der Waals surface area contributed by atoms with Crippen LogP contribution in [-0.2, 0) is 13.0 Å². The molecule has 0 saturated heterocycles. The molecule has 5 heteroatoms. The molecule has 24 heavy (non-hydrogen) atoms. The van der Waals surface area contributed by atoms with Crippen LogP contribution in [-0.4, -0.2) is 33.9 Å². The maximum absolute atomic E-state index is 12.2. The van der Waals surface area contributed by atoms with E-state index in [-0.39, 0.29) is 6.03 Å². The van der Waals surface area contributed by atoms with Gasteiger partial charge in [-0.3, -0.25) is 0 Å². The van der Waals surface area contributed by atoms with E-state index in [0.29, 0.717) is 19.5 Å². The number of carbonyl (C=O) groups is 1. The van der Waals surface area contributed by atoms with Crippen molar-refractivity contribution < 1.29 is 4.79 Å². The van der Waals surface area contributed by atoms with Gasteiger partial charge in [0.25, 0.3) is 0 Å².